The van der Waals surface area contributed by atoms with Crippen LogP contribution in [-0.2, 0) is 28.6 Å². The van der Waals surface area contributed by atoms with Crippen LogP contribution in [0.25, 0.3) is 0 Å². The Morgan fingerprint density at radius 1 is 1.25 bits per heavy atom. The van der Waals surface area contributed by atoms with E-state index in [1.54, 1.807) is 19.9 Å². The Kier molecular flexibility index (Phi) is 15.8. The molecule has 0 aliphatic heterocycles. The molecule has 9 nitrogen and oxygen atoms in total. The van der Waals surface area contributed by atoms with Crippen LogP contribution < -0.4 is 5.32 Å². The van der Waals surface area contributed by atoms with Gasteiger partial charge in [-0.15, -0.1) is 0 Å². The van der Waals surface area contributed by atoms with Crippen molar-refractivity contribution in [3.8, 4) is 0 Å². The van der Waals surface area contributed by atoms with Gasteiger partial charge in [0.25, 0.3) is 0 Å². The lowest BCUT2D eigenvalue weighted by atomic mass is 10.0. The Hall–Kier alpha value is -1.85. The molecule has 0 spiro atoms. The number of halogens is 1. The van der Waals surface area contributed by atoms with Crippen molar-refractivity contribution < 1.29 is 38.1 Å². The first-order valence-corrected chi connectivity index (χ1v) is 10.8. The van der Waals surface area contributed by atoms with Crippen molar-refractivity contribution in [1.29, 1.82) is 0 Å². The molecule has 2 N–H and O–H groups in total. The average Bonchev–Trinajstić information content (AvgIpc) is 2.78. The lowest BCUT2D eigenvalue weighted by Gasteiger charge is -2.37. The monoisotopic (exact) mass is 462 g/mol. The van der Waals surface area contributed by atoms with Crippen LogP contribution in [0.5, 0.6) is 0 Å². The zero-order valence-electron chi connectivity index (χ0n) is 19.9. The number of amides is 1. The molecule has 0 bridgehead atoms. The highest BCUT2D eigenvalue weighted by Gasteiger charge is 2.43. The van der Waals surface area contributed by atoms with Gasteiger partial charge in [-0.3, -0.25) is 14.4 Å². The highest BCUT2D eigenvalue weighted by atomic mass is 19.1. The molecule has 1 amide bonds. The van der Waals surface area contributed by atoms with E-state index in [-0.39, 0.29) is 26.2 Å². The smallest absolute Gasteiger partial charge is 0.308 e. The van der Waals surface area contributed by atoms with Crippen molar-refractivity contribution in [1.82, 2.24) is 10.4 Å². The van der Waals surface area contributed by atoms with Gasteiger partial charge in [0.1, 0.15) is 12.7 Å². The number of ether oxygens (including phenoxy) is 3. The maximum atomic E-state index is 13.9. The summed E-state index contributed by atoms with van der Waals surface area (Å²) in [5, 5.41) is 13.3. The van der Waals surface area contributed by atoms with Gasteiger partial charge < -0.3 is 24.6 Å². The van der Waals surface area contributed by atoms with E-state index in [0.29, 0.717) is 19.4 Å². The number of allylic oxidation sites excluding steroid dienone is 2. The highest BCUT2D eigenvalue weighted by molar-refractivity contribution is 5.82. The normalized spacial score (nSPS) is 14.2. The second-order valence-corrected chi connectivity index (χ2v) is 6.89. The molecule has 0 rings (SSSR count). The van der Waals surface area contributed by atoms with Gasteiger partial charge in [-0.05, 0) is 19.8 Å². The summed E-state index contributed by atoms with van der Waals surface area (Å²) >= 11 is 0. The lowest BCUT2D eigenvalue weighted by Crippen LogP contribution is -2.60. The number of hydrogen-bond donors (Lipinski definition) is 2. The molecule has 186 valence electrons. The molecule has 0 aromatic rings. The maximum absolute atomic E-state index is 13.9. The van der Waals surface area contributed by atoms with Gasteiger partial charge in [-0.25, -0.2) is 4.39 Å². The summed E-state index contributed by atoms with van der Waals surface area (Å²) in [6.07, 6.45) is 4.17. The molecule has 0 fully saturated rings. The Labute approximate surface area is 190 Å². The second-order valence-electron chi connectivity index (χ2n) is 6.89. The summed E-state index contributed by atoms with van der Waals surface area (Å²) in [7, 11) is 2.46. The number of hydroxylamine groups is 2. The number of carbonyl (C=O) groups is 2. The molecule has 0 saturated heterocycles. The average molecular weight is 463 g/mol. The summed E-state index contributed by atoms with van der Waals surface area (Å²) in [6, 6.07) is -1.95. The molecular formula is C22H39FN2O7. The van der Waals surface area contributed by atoms with Crippen LogP contribution in [0.2, 0.25) is 0 Å². The molecule has 0 saturated carbocycles. The van der Waals surface area contributed by atoms with Crippen LogP contribution in [0, 0.1) is 0 Å². The van der Waals surface area contributed by atoms with Gasteiger partial charge in [0, 0.05) is 20.8 Å². The summed E-state index contributed by atoms with van der Waals surface area (Å²) in [5.74, 6) is -3.01. The predicted molar refractivity (Wildman–Crippen MR) is 118 cm³/mol. The van der Waals surface area contributed by atoms with Crippen LogP contribution in [0.15, 0.2) is 24.3 Å². The number of aliphatic hydroxyl groups excluding tert-OH is 1. The van der Waals surface area contributed by atoms with Crippen LogP contribution in [0.4, 0.5) is 4.39 Å². The topological polar surface area (TPSA) is 107 Å². The fraction of sp³-hybridized carbons (Fsp3) is 0.727. The molecule has 0 heterocycles. The molecule has 0 aromatic heterocycles. The molecule has 1 unspecified atom stereocenters. The van der Waals surface area contributed by atoms with Gasteiger partial charge >= 0.3 is 5.97 Å². The van der Waals surface area contributed by atoms with Crippen LogP contribution in [-0.4, -0.2) is 87.2 Å². The summed E-state index contributed by atoms with van der Waals surface area (Å²) in [6.45, 7) is 8.17. The molecule has 0 aliphatic rings. The van der Waals surface area contributed by atoms with Crippen molar-refractivity contribution >= 4 is 11.9 Å². The van der Waals surface area contributed by atoms with Gasteiger partial charge in [-0.2, -0.15) is 5.06 Å². The van der Waals surface area contributed by atoms with Crippen molar-refractivity contribution in [2.45, 2.75) is 57.9 Å². The number of alkyl halides is 1. The van der Waals surface area contributed by atoms with Crippen molar-refractivity contribution in [3.63, 3.8) is 0 Å². The van der Waals surface area contributed by atoms with Crippen molar-refractivity contribution in [2.75, 3.05) is 47.3 Å². The van der Waals surface area contributed by atoms with Crippen LogP contribution in [0.3, 0.4) is 0 Å². The minimum Gasteiger partial charge on any atom is -0.466 e. The Morgan fingerprint density at radius 2 is 1.91 bits per heavy atom. The van der Waals surface area contributed by atoms with Crippen LogP contribution in [0.1, 0.15) is 40.0 Å². The van der Waals surface area contributed by atoms with E-state index in [4.69, 9.17) is 19.0 Å². The zero-order chi connectivity index (χ0) is 24.6. The number of nitrogens with zero attached hydrogens (tertiary/aromatic N) is 1. The number of rotatable bonds is 18. The van der Waals surface area contributed by atoms with Gasteiger partial charge in [0.05, 0.1) is 32.3 Å². The summed E-state index contributed by atoms with van der Waals surface area (Å²) < 4.78 is 29.3. The third kappa shape index (κ3) is 9.33. The van der Waals surface area contributed by atoms with Gasteiger partial charge in [0.15, 0.2) is 0 Å². The number of aliphatic hydroxyl groups is 1. The lowest BCUT2D eigenvalue weighted by molar-refractivity contribution is -0.236. The molecule has 0 radical (unpaired) electrons. The van der Waals surface area contributed by atoms with E-state index in [2.05, 4.69) is 11.9 Å². The third-order valence-electron chi connectivity index (χ3n) is 4.95. The Balaban J connectivity index is 5.86. The Morgan fingerprint density at radius 3 is 2.34 bits per heavy atom. The number of esters is 1. The van der Waals surface area contributed by atoms with E-state index < -0.39 is 36.4 Å². The van der Waals surface area contributed by atoms with E-state index in [1.807, 2.05) is 13.0 Å². The predicted octanol–water partition coefficient (Wildman–Crippen LogP) is 1.91. The molecule has 2 atom stereocenters. The third-order valence-corrected chi connectivity index (χ3v) is 4.95. The quantitative estimate of drug-likeness (QED) is 0.138. The first-order chi connectivity index (χ1) is 15.3. The fourth-order valence-corrected chi connectivity index (χ4v) is 3.11. The largest absolute Gasteiger partial charge is 0.466 e. The van der Waals surface area contributed by atoms with E-state index in [1.165, 1.54) is 19.3 Å². The minimum absolute atomic E-state index is 0.00826. The van der Waals surface area contributed by atoms with Gasteiger partial charge in [0.2, 0.25) is 11.7 Å². The SMILES string of the molecule is C=C/C=C(\CC)CN(OCCO)[C@@H](CC)C(=O)NC(CC(=O)OCC)C(CF)(OC)OC. The number of carbonyl (C=O) groups excluding carboxylic acids is 2. The molecule has 10 heteroatoms. The van der Waals surface area contributed by atoms with Gasteiger partial charge in [-0.1, -0.05) is 38.2 Å². The first-order valence-electron chi connectivity index (χ1n) is 10.8. The van der Waals surface area contributed by atoms with Crippen LogP contribution >= 0.6 is 0 Å². The highest BCUT2D eigenvalue weighted by Crippen LogP contribution is 2.22. The van der Waals surface area contributed by atoms with Crippen molar-refractivity contribution in [2.24, 2.45) is 0 Å². The number of methoxy groups -OCH3 is 2. The maximum Gasteiger partial charge on any atom is 0.308 e. The second kappa shape index (κ2) is 16.7. The number of hydrogen-bond acceptors (Lipinski definition) is 8. The standard InChI is InChI=1S/C22H39FN2O7/c1-7-11-17(8-2)15-25(32-13-12-26)18(9-3)21(28)24-19(14-20(27)31-10-4)22(16-23,29-5)30-6/h7,11,18-19,26H,1,8-10,12-16H2,2-6H3,(H,24,28)/b17-11+/t18-,19?/m0/s1. The molecule has 32 heavy (non-hydrogen) atoms. The minimum atomic E-state index is -1.87. The van der Waals surface area contributed by atoms with E-state index in [9.17, 15) is 19.1 Å². The first kappa shape index (κ1) is 30.1. The Bertz CT molecular complexity index is 589. The molecular weight excluding hydrogens is 423 g/mol. The summed E-state index contributed by atoms with van der Waals surface area (Å²) in [4.78, 5) is 31.0. The van der Waals surface area contributed by atoms with E-state index in [0.717, 1.165) is 5.57 Å². The number of nitrogens with one attached hydrogen (secondary N) is 1. The zero-order valence-corrected chi connectivity index (χ0v) is 19.9. The van der Waals surface area contributed by atoms with Crippen molar-refractivity contribution in [3.05, 3.63) is 24.3 Å². The molecule has 0 aliphatic carbocycles. The fourth-order valence-electron chi connectivity index (χ4n) is 3.11. The molecule has 0 aromatic carbocycles. The van der Waals surface area contributed by atoms with E-state index >= 15 is 0 Å². The summed E-state index contributed by atoms with van der Waals surface area (Å²) in [5.41, 5.74) is 0.958.